The zero-order chi connectivity index (χ0) is 22.5. The number of amides is 1. The molecule has 0 saturated heterocycles. The van der Waals surface area contributed by atoms with Gasteiger partial charge in [0.25, 0.3) is 5.91 Å². The average molecular weight is 450 g/mol. The molecule has 0 saturated carbocycles. The fourth-order valence-electron chi connectivity index (χ4n) is 3.56. The summed E-state index contributed by atoms with van der Waals surface area (Å²) in [6.45, 7) is 9.85. The molecule has 166 valence electrons. The Labute approximate surface area is 191 Å². The molecule has 0 aliphatic carbocycles. The normalized spacial score (nSPS) is 11.4. The van der Waals surface area contributed by atoms with Crippen molar-refractivity contribution in [2.24, 2.45) is 0 Å². The van der Waals surface area contributed by atoms with E-state index in [9.17, 15) is 4.79 Å². The molecule has 0 aliphatic rings. The summed E-state index contributed by atoms with van der Waals surface area (Å²) in [4.78, 5) is 31.4. The van der Waals surface area contributed by atoms with E-state index in [1.54, 1.807) is 11.1 Å². The number of thiazole rings is 1. The Kier molecular flexibility index (Phi) is 6.92. The van der Waals surface area contributed by atoms with Crippen LogP contribution in [0.3, 0.4) is 0 Å². The summed E-state index contributed by atoms with van der Waals surface area (Å²) in [5, 5.41) is 0.638. The molecule has 8 heteroatoms. The number of ether oxygens (including phenoxy) is 1. The van der Waals surface area contributed by atoms with Crippen molar-refractivity contribution in [1.82, 2.24) is 19.9 Å². The highest BCUT2D eigenvalue weighted by Crippen LogP contribution is 2.34. The molecule has 0 bridgehead atoms. The molecule has 7 nitrogen and oxygen atoms in total. The summed E-state index contributed by atoms with van der Waals surface area (Å²) >= 11 is 1.49. The maximum absolute atomic E-state index is 13.6. The second kappa shape index (κ2) is 10.0. The molecule has 2 aromatic carbocycles. The topological polar surface area (TPSA) is 71.5 Å². The monoisotopic (exact) mass is 449 g/mol. The van der Waals surface area contributed by atoms with E-state index in [0.717, 1.165) is 41.1 Å². The van der Waals surface area contributed by atoms with Crippen molar-refractivity contribution in [3.8, 4) is 5.75 Å². The molecule has 0 fully saturated rings. The Morgan fingerprint density at radius 3 is 2.50 bits per heavy atom. The minimum absolute atomic E-state index is 0.201. The van der Waals surface area contributed by atoms with Gasteiger partial charge in [0.05, 0.1) is 28.5 Å². The van der Waals surface area contributed by atoms with Gasteiger partial charge in [-0.05, 0) is 44.3 Å². The molecule has 1 amide bonds. The smallest absolute Gasteiger partial charge is 0.280 e. The molecule has 32 heavy (non-hydrogen) atoms. The molecule has 4 rings (SSSR count). The van der Waals surface area contributed by atoms with Gasteiger partial charge in [-0.15, -0.1) is 0 Å². The second-order valence-corrected chi connectivity index (χ2v) is 8.27. The molecule has 0 radical (unpaired) electrons. The van der Waals surface area contributed by atoms with E-state index < -0.39 is 0 Å². The van der Waals surface area contributed by atoms with Gasteiger partial charge < -0.3 is 9.64 Å². The first-order chi connectivity index (χ1) is 15.6. The van der Waals surface area contributed by atoms with E-state index in [1.165, 1.54) is 11.3 Å². The number of fused-ring (bicyclic) bond motifs is 2. The van der Waals surface area contributed by atoms with Crippen molar-refractivity contribution in [3.63, 3.8) is 0 Å². The van der Waals surface area contributed by atoms with Crippen LogP contribution in [0.5, 0.6) is 5.75 Å². The fourth-order valence-corrected chi connectivity index (χ4v) is 4.57. The highest BCUT2D eigenvalue weighted by atomic mass is 32.1. The first kappa shape index (κ1) is 22.1. The van der Waals surface area contributed by atoms with E-state index in [0.29, 0.717) is 29.5 Å². The number of carbonyl (C=O) groups excluding carboxylic acids is 1. The lowest BCUT2D eigenvalue weighted by Crippen LogP contribution is -2.39. The molecular weight excluding hydrogens is 422 g/mol. The maximum Gasteiger partial charge on any atom is 0.280 e. The number of rotatable bonds is 9. The fraction of sp³-hybridized carbons (Fsp3) is 0.333. The van der Waals surface area contributed by atoms with Crippen LogP contribution in [-0.4, -0.2) is 58.5 Å². The van der Waals surface area contributed by atoms with Gasteiger partial charge in [0.2, 0.25) is 0 Å². The molecule has 4 aromatic rings. The summed E-state index contributed by atoms with van der Waals surface area (Å²) in [7, 11) is 0. The summed E-state index contributed by atoms with van der Waals surface area (Å²) in [6, 6.07) is 13.4. The van der Waals surface area contributed by atoms with E-state index in [2.05, 4.69) is 28.7 Å². The molecule has 0 aliphatic heterocycles. The lowest BCUT2D eigenvalue weighted by atomic mass is 10.3. The molecular formula is C24H27N5O2S. The first-order valence-electron chi connectivity index (χ1n) is 10.9. The summed E-state index contributed by atoms with van der Waals surface area (Å²) in [5.74, 6) is 0.529. The summed E-state index contributed by atoms with van der Waals surface area (Å²) in [5.41, 5.74) is 2.55. The Balaban J connectivity index is 1.73. The van der Waals surface area contributed by atoms with E-state index in [4.69, 9.17) is 9.72 Å². The third-order valence-corrected chi connectivity index (χ3v) is 6.39. The number of likely N-dealkylation sites (N-methyl/N-ethyl adjacent to an activating group) is 1. The van der Waals surface area contributed by atoms with Crippen molar-refractivity contribution in [2.45, 2.75) is 20.8 Å². The van der Waals surface area contributed by atoms with Gasteiger partial charge in [0.15, 0.2) is 5.13 Å². The van der Waals surface area contributed by atoms with Crippen LogP contribution in [0.1, 0.15) is 31.3 Å². The van der Waals surface area contributed by atoms with E-state index >= 15 is 0 Å². The highest BCUT2D eigenvalue weighted by molar-refractivity contribution is 7.22. The lowest BCUT2D eigenvalue weighted by molar-refractivity contribution is 0.0979. The number of para-hydroxylation sites is 3. The van der Waals surface area contributed by atoms with Crippen LogP contribution in [0.4, 0.5) is 5.13 Å². The number of anilines is 1. The van der Waals surface area contributed by atoms with Gasteiger partial charge in [0, 0.05) is 13.1 Å². The minimum Gasteiger partial charge on any atom is -0.492 e. The number of aromatic nitrogens is 3. The SMILES string of the molecule is CCOc1cccc2sc(N(CCN(CC)CC)C(=O)c3cnc4ccccc4n3)nc12. The van der Waals surface area contributed by atoms with Gasteiger partial charge in [-0.1, -0.05) is 43.4 Å². The molecule has 0 atom stereocenters. The predicted octanol–water partition coefficient (Wildman–Crippen LogP) is 4.63. The van der Waals surface area contributed by atoms with E-state index in [-0.39, 0.29) is 5.91 Å². The molecule has 0 unspecified atom stereocenters. The van der Waals surface area contributed by atoms with Crippen LogP contribution in [0.2, 0.25) is 0 Å². The number of nitrogens with zero attached hydrogens (tertiary/aromatic N) is 5. The number of benzene rings is 2. The van der Waals surface area contributed by atoms with Crippen LogP contribution in [0.25, 0.3) is 21.3 Å². The highest BCUT2D eigenvalue weighted by Gasteiger charge is 2.24. The van der Waals surface area contributed by atoms with Crippen molar-refractivity contribution in [3.05, 3.63) is 54.4 Å². The predicted molar refractivity (Wildman–Crippen MR) is 130 cm³/mol. The van der Waals surface area contributed by atoms with Crippen molar-refractivity contribution >= 4 is 43.6 Å². The Bertz CT molecular complexity index is 1220. The Hall–Kier alpha value is -3.10. The number of hydrogen-bond acceptors (Lipinski definition) is 7. The summed E-state index contributed by atoms with van der Waals surface area (Å²) < 4.78 is 6.73. The second-order valence-electron chi connectivity index (χ2n) is 7.26. The third kappa shape index (κ3) is 4.56. The van der Waals surface area contributed by atoms with Gasteiger partial charge in [-0.25, -0.2) is 9.97 Å². The van der Waals surface area contributed by atoms with Crippen LogP contribution in [0.15, 0.2) is 48.7 Å². The molecule has 0 N–H and O–H groups in total. The lowest BCUT2D eigenvalue weighted by Gasteiger charge is -2.24. The van der Waals surface area contributed by atoms with Gasteiger partial charge >= 0.3 is 0 Å². The van der Waals surface area contributed by atoms with Crippen molar-refractivity contribution < 1.29 is 9.53 Å². The van der Waals surface area contributed by atoms with Crippen LogP contribution < -0.4 is 9.64 Å². The zero-order valence-electron chi connectivity index (χ0n) is 18.6. The van der Waals surface area contributed by atoms with Crippen molar-refractivity contribution in [1.29, 1.82) is 0 Å². The molecule has 0 spiro atoms. The van der Waals surface area contributed by atoms with Crippen LogP contribution in [0, 0.1) is 0 Å². The Morgan fingerprint density at radius 1 is 0.969 bits per heavy atom. The maximum atomic E-state index is 13.6. The van der Waals surface area contributed by atoms with Gasteiger partial charge in [-0.3, -0.25) is 14.7 Å². The quantitative estimate of drug-likeness (QED) is 0.371. The largest absolute Gasteiger partial charge is 0.492 e. The standard InChI is InChI=1S/C24H27N5O2S/c1-4-28(5-2)14-15-29(23(30)19-16-25-17-10-7-8-11-18(17)26-19)24-27-22-20(31-6-3)12-9-13-21(22)32-24/h7-13,16H,4-6,14-15H2,1-3H3. The average Bonchev–Trinajstić information content (AvgIpc) is 3.26. The number of hydrogen-bond donors (Lipinski definition) is 0. The van der Waals surface area contributed by atoms with Crippen molar-refractivity contribution in [2.75, 3.05) is 37.7 Å². The van der Waals surface area contributed by atoms with Gasteiger partial charge in [0.1, 0.15) is 17.0 Å². The van der Waals surface area contributed by atoms with Gasteiger partial charge in [-0.2, -0.15) is 0 Å². The van der Waals surface area contributed by atoms with Crippen LogP contribution >= 0.6 is 11.3 Å². The molecule has 2 heterocycles. The molecule has 2 aromatic heterocycles. The van der Waals surface area contributed by atoms with Crippen LogP contribution in [-0.2, 0) is 0 Å². The first-order valence-corrected chi connectivity index (χ1v) is 11.7. The zero-order valence-corrected chi connectivity index (χ0v) is 19.4. The number of carbonyl (C=O) groups is 1. The third-order valence-electron chi connectivity index (χ3n) is 5.35. The Morgan fingerprint density at radius 2 is 1.75 bits per heavy atom. The summed E-state index contributed by atoms with van der Waals surface area (Å²) in [6.07, 6.45) is 1.55. The van der Waals surface area contributed by atoms with E-state index in [1.807, 2.05) is 49.4 Å². The minimum atomic E-state index is -0.201.